The van der Waals surface area contributed by atoms with Crippen molar-refractivity contribution in [3.05, 3.63) is 28.2 Å². The Morgan fingerprint density at radius 1 is 1.42 bits per heavy atom. The first-order chi connectivity index (χ1) is 9.29. The predicted octanol–water partition coefficient (Wildman–Crippen LogP) is 2.50. The molecule has 1 aromatic rings. The molecule has 0 radical (unpaired) electrons. The number of hydrogen-bond acceptors (Lipinski definition) is 4. The van der Waals surface area contributed by atoms with Gasteiger partial charge in [0.15, 0.2) is 0 Å². The van der Waals surface area contributed by atoms with E-state index in [9.17, 15) is 0 Å². The minimum atomic E-state index is 0.399. The van der Waals surface area contributed by atoms with Crippen molar-refractivity contribution in [2.75, 3.05) is 31.6 Å². The molecule has 0 spiro atoms. The second-order valence-electron chi connectivity index (χ2n) is 4.55. The van der Waals surface area contributed by atoms with Gasteiger partial charge in [-0.1, -0.05) is 0 Å². The quantitative estimate of drug-likeness (QED) is 0.817. The molecule has 1 saturated heterocycles. The lowest BCUT2D eigenvalue weighted by Gasteiger charge is -2.23. The number of benzene rings is 1. The van der Waals surface area contributed by atoms with Crippen LogP contribution in [0.4, 0.5) is 5.69 Å². The Labute approximate surface area is 122 Å². The van der Waals surface area contributed by atoms with E-state index in [0.717, 1.165) is 42.6 Å². The molecule has 1 aliphatic heterocycles. The summed E-state index contributed by atoms with van der Waals surface area (Å²) in [6, 6.07) is 7.76. The summed E-state index contributed by atoms with van der Waals surface area (Å²) in [5, 5.41) is 15.5. The maximum atomic E-state index is 8.84. The van der Waals surface area contributed by atoms with E-state index in [1.54, 1.807) is 6.07 Å². The zero-order chi connectivity index (χ0) is 13.5. The Morgan fingerprint density at radius 3 is 2.89 bits per heavy atom. The van der Waals surface area contributed by atoms with Crippen molar-refractivity contribution >= 4 is 21.6 Å². The van der Waals surface area contributed by atoms with E-state index in [-0.39, 0.29) is 0 Å². The third-order valence-corrected chi connectivity index (χ3v) is 3.82. The van der Waals surface area contributed by atoms with E-state index in [1.165, 1.54) is 0 Å². The summed E-state index contributed by atoms with van der Waals surface area (Å²) < 4.78 is 6.63. The van der Waals surface area contributed by atoms with Crippen LogP contribution in [0.3, 0.4) is 0 Å². The van der Waals surface area contributed by atoms with Gasteiger partial charge in [-0.15, -0.1) is 0 Å². The number of rotatable bonds is 5. The molecule has 0 aliphatic carbocycles. The number of hydrogen-bond donors (Lipinski definition) is 2. The predicted molar refractivity (Wildman–Crippen MR) is 79.2 cm³/mol. The van der Waals surface area contributed by atoms with Crippen molar-refractivity contribution in [2.24, 2.45) is 0 Å². The van der Waals surface area contributed by atoms with E-state index in [2.05, 4.69) is 32.6 Å². The second kappa shape index (κ2) is 7.49. The number of piperidine rings is 1. The third-order valence-electron chi connectivity index (χ3n) is 3.16. The molecular formula is C14H18BrN3O. The van der Waals surface area contributed by atoms with E-state index < -0.39 is 0 Å². The smallest absolute Gasteiger partial charge is 0.100 e. The lowest BCUT2D eigenvalue weighted by Crippen LogP contribution is -2.33. The molecule has 1 aromatic carbocycles. The molecule has 2 N–H and O–H groups in total. The van der Waals surface area contributed by atoms with Gasteiger partial charge in [0.1, 0.15) is 6.07 Å². The van der Waals surface area contributed by atoms with Gasteiger partial charge >= 0.3 is 0 Å². The summed E-state index contributed by atoms with van der Waals surface area (Å²) in [5.74, 6) is 0. The molecule has 1 aliphatic rings. The number of nitriles is 1. The first-order valence-electron chi connectivity index (χ1n) is 6.55. The van der Waals surface area contributed by atoms with Crippen LogP contribution in [0.1, 0.15) is 18.4 Å². The van der Waals surface area contributed by atoms with E-state index in [1.807, 2.05) is 12.1 Å². The highest BCUT2D eigenvalue weighted by atomic mass is 79.9. The van der Waals surface area contributed by atoms with Crippen LogP contribution in [0.5, 0.6) is 0 Å². The second-order valence-corrected chi connectivity index (χ2v) is 5.41. The minimum absolute atomic E-state index is 0.399. The van der Waals surface area contributed by atoms with Crippen molar-refractivity contribution in [1.82, 2.24) is 5.32 Å². The molecule has 0 bridgehead atoms. The Hall–Kier alpha value is -1.09. The maximum absolute atomic E-state index is 8.84. The molecule has 1 heterocycles. The molecule has 102 valence electrons. The van der Waals surface area contributed by atoms with Crippen LogP contribution < -0.4 is 10.6 Å². The van der Waals surface area contributed by atoms with Crippen LogP contribution in [-0.2, 0) is 4.74 Å². The van der Waals surface area contributed by atoms with E-state index in [4.69, 9.17) is 10.00 Å². The molecule has 4 nitrogen and oxygen atoms in total. The highest BCUT2D eigenvalue weighted by Crippen LogP contribution is 2.20. The summed E-state index contributed by atoms with van der Waals surface area (Å²) in [6.07, 6.45) is 2.60. The fourth-order valence-electron chi connectivity index (χ4n) is 2.10. The van der Waals surface area contributed by atoms with Crippen molar-refractivity contribution in [1.29, 1.82) is 5.26 Å². The van der Waals surface area contributed by atoms with Crippen LogP contribution >= 0.6 is 15.9 Å². The van der Waals surface area contributed by atoms with E-state index in [0.29, 0.717) is 18.3 Å². The lowest BCUT2D eigenvalue weighted by atomic mass is 10.1. The standard InChI is InChI=1S/C14H18BrN3O/c15-14-9-12(2-1-11(14)10-16)18-7-8-19-13-3-5-17-6-4-13/h1-2,9,13,17-18H,3-8H2. The zero-order valence-corrected chi connectivity index (χ0v) is 12.4. The van der Waals surface area contributed by atoms with Crippen molar-refractivity contribution in [2.45, 2.75) is 18.9 Å². The molecule has 0 amide bonds. The van der Waals surface area contributed by atoms with Crippen LogP contribution in [0, 0.1) is 11.3 Å². The molecule has 5 heteroatoms. The summed E-state index contributed by atoms with van der Waals surface area (Å²) in [7, 11) is 0. The molecule has 0 aromatic heterocycles. The molecular weight excluding hydrogens is 306 g/mol. The molecule has 19 heavy (non-hydrogen) atoms. The summed E-state index contributed by atoms with van der Waals surface area (Å²) in [6.45, 7) is 3.60. The van der Waals surface area contributed by atoms with Gasteiger partial charge in [0.25, 0.3) is 0 Å². The van der Waals surface area contributed by atoms with Gasteiger partial charge in [-0.05, 0) is 60.1 Å². The first kappa shape index (κ1) is 14.3. The average Bonchev–Trinajstić information content (AvgIpc) is 2.45. The number of halogens is 1. The molecule has 2 rings (SSSR count). The number of ether oxygens (including phenoxy) is 1. The van der Waals surface area contributed by atoms with Gasteiger partial charge < -0.3 is 15.4 Å². The molecule has 0 atom stereocenters. The highest BCUT2D eigenvalue weighted by molar-refractivity contribution is 9.10. The van der Waals surface area contributed by atoms with Crippen molar-refractivity contribution in [3.63, 3.8) is 0 Å². The Kier molecular flexibility index (Phi) is 5.64. The van der Waals surface area contributed by atoms with Crippen LogP contribution in [0.15, 0.2) is 22.7 Å². The third kappa shape index (κ3) is 4.50. The Bertz CT molecular complexity index is 452. The summed E-state index contributed by atoms with van der Waals surface area (Å²) in [5.41, 5.74) is 1.65. The highest BCUT2D eigenvalue weighted by Gasteiger charge is 2.12. The SMILES string of the molecule is N#Cc1ccc(NCCOC2CCNCC2)cc1Br. The number of anilines is 1. The zero-order valence-electron chi connectivity index (χ0n) is 10.8. The molecule has 1 fully saturated rings. The monoisotopic (exact) mass is 323 g/mol. The summed E-state index contributed by atoms with van der Waals surface area (Å²) >= 11 is 3.38. The fourth-order valence-corrected chi connectivity index (χ4v) is 2.57. The Balaban J connectivity index is 1.70. The Morgan fingerprint density at radius 2 is 2.21 bits per heavy atom. The minimum Gasteiger partial charge on any atom is -0.383 e. The largest absolute Gasteiger partial charge is 0.383 e. The van der Waals surface area contributed by atoms with Gasteiger partial charge in [0, 0.05) is 16.7 Å². The van der Waals surface area contributed by atoms with Crippen LogP contribution in [0.25, 0.3) is 0 Å². The van der Waals surface area contributed by atoms with Gasteiger partial charge in [0.2, 0.25) is 0 Å². The normalized spacial score (nSPS) is 16.0. The lowest BCUT2D eigenvalue weighted by molar-refractivity contribution is 0.0394. The van der Waals surface area contributed by atoms with Crippen LogP contribution in [0.2, 0.25) is 0 Å². The van der Waals surface area contributed by atoms with Crippen LogP contribution in [-0.4, -0.2) is 32.3 Å². The number of nitrogens with one attached hydrogen (secondary N) is 2. The maximum Gasteiger partial charge on any atom is 0.100 e. The fraction of sp³-hybridized carbons (Fsp3) is 0.500. The van der Waals surface area contributed by atoms with E-state index >= 15 is 0 Å². The first-order valence-corrected chi connectivity index (χ1v) is 7.35. The van der Waals surface area contributed by atoms with Gasteiger partial charge in [0.05, 0.1) is 18.3 Å². The number of nitrogens with zero attached hydrogens (tertiary/aromatic N) is 1. The summed E-state index contributed by atoms with van der Waals surface area (Å²) in [4.78, 5) is 0. The van der Waals surface area contributed by atoms with Crippen molar-refractivity contribution < 1.29 is 4.74 Å². The van der Waals surface area contributed by atoms with Crippen molar-refractivity contribution in [3.8, 4) is 6.07 Å². The van der Waals surface area contributed by atoms with Gasteiger partial charge in [-0.3, -0.25) is 0 Å². The molecule has 0 saturated carbocycles. The van der Waals surface area contributed by atoms with Gasteiger partial charge in [-0.25, -0.2) is 0 Å². The average molecular weight is 324 g/mol. The molecule has 0 unspecified atom stereocenters. The van der Waals surface area contributed by atoms with Gasteiger partial charge in [-0.2, -0.15) is 5.26 Å². The topological polar surface area (TPSA) is 57.1 Å².